The zero-order chi connectivity index (χ0) is 18.2. The Morgan fingerprint density at radius 1 is 1.11 bits per heavy atom. The first-order chi connectivity index (χ1) is 13.3. The van der Waals surface area contributed by atoms with Gasteiger partial charge in [-0.1, -0.05) is 36.8 Å². The molecular weight excluding hydrogens is 354 g/mol. The molecule has 4 nitrogen and oxygen atoms in total. The highest BCUT2D eigenvalue weighted by Gasteiger charge is 2.44. The average Bonchev–Trinajstić information content (AvgIpc) is 3.36. The predicted molar refractivity (Wildman–Crippen MR) is 109 cm³/mol. The summed E-state index contributed by atoms with van der Waals surface area (Å²) in [5.41, 5.74) is 3.72. The van der Waals surface area contributed by atoms with E-state index < -0.39 is 0 Å². The molecule has 3 heterocycles. The van der Waals surface area contributed by atoms with Crippen molar-refractivity contribution in [1.29, 1.82) is 0 Å². The number of rotatable bonds is 3. The van der Waals surface area contributed by atoms with Gasteiger partial charge < -0.3 is 0 Å². The molecule has 0 bridgehead atoms. The summed E-state index contributed by atoms with van der Waals surface area (Å²) in [7, 11) is 0. The first-order valence-corrected chi connectivity index (χ1v) is 10.9. The molecule has 5 heteroatoms. The average molecular weight is 380 g/mol. The number of aryl methyl sites for hydroxylation is 1. The lowest BCUT2D eigenvalue weighted by atomic mass is 9.79. The van der Waals surface area contributed by atoms with Crippen LogP contribution in [-0.2, 0) is 11.2 Å². The van der Waals surface area contributed by atoms with Gasteiger partial charge in [-0.25, -0.2) is 5.01 Å². The van der Waals surface area contributed by atoms with Crippen molar-refractivity contribution in [3.63, 3.8) is 0 Å². The highest BCUT2D eigenvalue weighted by Crippen LogP contribution is 2.44. The Kier molecular flexibility index (Phi) is 4.58. The van der Waals surface area contributed by atoms with Crippen molar-refractivity contribution < 1.29 is 4.79 Å². The lowest BCUT2D eigenvalue weighted by Gasteiger charge is -2.31. The summed E-state index contributed by atoms with van der Waals surface area (Å²) in [6.45, 7) is 2.56. The van der Waals surface area contributed by atoms with Crippen LogP contribution >= 0.6 is 11.3 Å². The summed E-state index contributed by atoms with van der Waals surface area (Å²) < 4.78 is 0. The molecule has 1 fully saturated rings. The van der Waals surface area contributed by atoms with Gasteiger partial charge in [-0.15, -0.1) is 11.3 Å². The summed E-state index contributed by atoms with van der Waals surface area (Å²) in [4.78, 5) is 16.8. The fraction of sp³-hybridized carbons (Fsp3) is 0.455. The maximum atomic E-state index is 13.3. The number of piperidine rings is 1. The van der Waals surface area contributed by atoms with E-state index in [4.69, 9.17) is 5.10 Å². The van der Waals surface area contributed by atoms with Crippen molar-refractivity contribution in [2.75, 3.05) is 19.6 Å². The summed E-state index contributed by atoms with van der Waals surface area (Å²) in [6.07, 6.45) is 5.81. The van der Waals surface area contributed by atoms with Crippen LogP contribution in [0.4, 0.5) is 0 Å². The lowest BCUT2D eigenvalue weighted by molar-refractivity contribution is -0.135. The molecule has 140 valence electrons. The normalized spacial score (nSPS) is 25.0. The maximum Gasteiger partial charge on any atom is 0.257 e. The number of fused-ring (bicyclic) bond motifs is 3. The van der Waals surface area contributed by atoms with Crippen LogP contribution in [0, 0.1) is 5.92 Å². The van der Waals surface area contributed by atoms with E-state index in [2.05, 4.69) is 46.7 Å². The number of hydrogen-bond donors (Lipinski definition) is 0. The number of thiophene rings is 1. The molecule has 0 spiro atoms. The van der Waals surface area contributed by atoms with Crippen molar-refractivity contribution in [3.05, 3.63) is 57.8 Å². The molecule has 2 aromatic rings. The molecule has 0 unspecified atom stereocenters. The largest absolute Gasteiger partial charge is 0.294 e. The van der Waals surface area contributed by atoms with Gasteiger partial charge in [0.25, 0.3) is 5.91 Å². The number of likely N-dealkylation sites (tertiary alicyclic amines) is 1. The Balaban J connectivity index is 1.48. The molecular formula is C22H25N3OS. The van der Waals surface area contributed by atoms with E-state index in [1.807, 2.05) is 5.01 Å². The number of hydrazone groups is 1. The van der Waals surface area contributed by atoms with Gasteiger partial charge in [0.1, 0.15) is 0 Å². The zero-order valence-corrected chi connectivity index (χ0v) is 16.3. The predicted octanol–water partition coefficient (Wildman–Crippen LogP) is 4.08. The fourth-order valence-corrected chi connectivity index (χ4v) is 5.67. The monoisotopic (exact) mass is 379 g/mol. The Labute approximate surface area is 164 Å². The van der Waals surface area contributed by atoms with Crippen LogP contribution < -0.4 is 0 Å². The molecule has 1 aromatic carbocycles. The molecule has 0 saturated carbocycles. The van der Waals surface area contributed by atoms with Gasteiger partial charge in [-0.2, -0.15) is 5.10 Å². The fourth-order valence-electron chi connectivity index (χ4n) is 4.79. The molecule has 27 heavy (non-hydrogen) atoms. The van der Waals surface area contributed by atoms with E-state index in [9.17, 15) is 4.79 Å². The third kappa shape index (κ3) is 3.13. The summed E-state index contributed by atoms with van der Waals surface area (Å²) >= 11 is 1.74. The third-order valence-corrected chi connectivity index (χ3v) is 7.07. The molecule has 1 saturated heterocycles. The van der Waals surface area contributed by atoms with Gasteiger partial charge in [0.05, 0.1) is 18.3 Å². The quantitative estimate of drug-likeness (QED) is 0.805. The minimum absolute atomic E-state index is 0.0608. The number of carbonyl (C=O) groups excluding carboxylic acids is 1. The van der Waals surface area contributed by atoms with Crippen LogP contribution in [0.15, 0.2) is 46.9 Å². The number of carbonyl (C=O) groups is 1. The van der Waals surface area contributed by atoms with E-state index in [-0.39, 0.29) is 11.9 Å². The van der Waals surface area contributed by atoms with Crippen LogP contribution in [-0.4, -0.2) is 41.2 Å². The van der Waals surface area contributed by atoms with Gasteiger partial charge in [0, 0.05) is 16.4 Å². The van der Waals surface area contributed by atoms with Gasteiger partial charge in [-0.3, -0.25) is 9.69 Å². The molecule has 1 amide bonds. The Morgan fingerprint density at radius 2 is 1.96 bits per heavy atom. The van der Waals surface area contributed by atoms with Crippen molar-refractivity contribution in [2.45, 2.75) is 38.1 Å². The molecule has 0 radical (unpaired) electrons. The number of amides is 1. The van der Waals surface area contributed by atoms with E-state index in [1.54, 1.807) is 11.3 Å². The van der Waals surface area contributed by atoms with Crippen molar-refractivity contribution in [1.82, 2.24) is 9.91 Å². The van der Waals surface area contributed by atoms with Crippen LogP contribution in [0.5, 0.6) is 0 Å². The van der Waals surface area contributed by atoms with Crippen LogP contribution in [0.25, 0.3) is 0 Å². The summed E-state index contributed by atoms with van der Waals surface area (Å²) in [6, 6.07) is 12.9. The Morgan fingerprint density at radius 3 is 2.78 bits per heavy atom. The molecule has 2 aliphatic heterocycles. The van der Waals surface area contributed by atoms with Gasteiger partial charge in [0.15, 0.2) is 0 Å². The van der Waals surface area contributed by atoms with Crippen molar-refractivity contribution in [2.24, 2.45) is 11.0 Å². The SMILES string of the molecule is O=C(CN1CCCCC1)N1N=C2c3ccccc3CC[C@H]2[C@H]1c1cccs1. The smallest absolute Gasteiger partial charge is 0.257 e. The van der Waals surface area contributed by atoms with Crippen LogP contribution in [0.1, 0.15) is 47.7 Å². The van der Waals surface area contributed by atoms with Gasteiger partial charge in [0.2, 0.25) is 0 Å². The highest BCUT2D eigenvalue weighted by atomic mass is 32.1. The highest BCUT2D eigenvalue weighted by molar-refractivity contribution is 7.10. The molecule has 1 aliphatic carbocycles. The van der Waals surface area contributed by atoms with Crippen LogP contribution in [0.2, 0.25) is 0 Å². The lowest BCUT2D eigenvalue weighted by Crippen LogP contribution is -2.41. The van der Waals surface area contributed by atoms with E-state index in [0.29, 0.717) is 12.5 Å². The van der Waals surface area contributed by atoms with Gasteiger partial charge in [-0.05, 0) is 55.8 Å². The first-order valence-electron chi connectivity index (χ1n) is 10.1. The second kappa shape index (κ2) is 7.21. The number of hydrogen-bond acceptors (Lipinski definition) is 4. The number of nitrogens with zero attached hydrogens (tertiary/aromatic N) is 3. The maximum absolute atomic E-state index is 13.3. The Hall–Kier alpha value is -1.98. The minimum atomic E-state index is 0.0608. The van der Waals surface area contributed by atoms with E-state index in [1.165, 1.54) is 35.3 Å². The third-order valence-electron chi connectivity index (χ3n) is 6.13. The zero-order valence-electron chi connectivity index (χ0n) is 15.5. The molecule has 2 atom stereocenters. The van der Waals surface area contributed by atoms with Crippen molar-refractivity contribution >= 4 is 23.0 Å². The van der Waals surface area contributed by atoms with Gasteiger partial charge >= 0.3 is 0 Å². The van der Waals surface area contributed by atoms with E-state index >= 15 is 0 Å². The molecule has 0 N–H and O–H groups in total. The first kappa shape index (κ1) is 17.1. The summed E-state index contributed by atoms with van der Waals surface area (Å²) in [5.74, 6) is 0.457. The number of benzene rings is 1. The second-order valence-electron chi connectivity index (χ2n) is 7.82. The standard InChI is InChI=1S/C22H25N3OS/c26-20(15-24-12-4-1-5-13-24)25-22(19-9-6-14-27-19)18-11-10-16-7-2-3-8-17(16)21(18)23-25/h2-3,6-9,14,18,22H,1,4-5,10-13,15H2/t18-,22+/m1/s1. The molecule has 5 rings (SSSR count). The second-order valence-corrected chi connectivity index (χ2v) is 8.80. The Bertz CT molecular complexity index is 854. The molecule has 3 aliphatic rings. The topological polar surface area (TPSA) is 35.9 Å². The van der Waals surface area contributed by atoms with Crippen LogP contribution in [0.3, 0.4) is 0 Å². The minimum Gasteiger partial charge on any atom is -0.294 e. The summed E-state index contributed by atoms with van der Waals surface area (Å²) in [5, 5.41) is 8.87. The van der Waals surface area contributed by atoms with Crippen molar-refractivity contribution in [3.8, 4) is 0 Å². The molecule has 1 aromatic heterocycles. The van der Waals surface area contributed by atoms with E-state index in [0.717, 1.165) is 31.6 Å².